The second-order valence-electron chi connectivity index (χ2n) is 6.31. The minimum atomic E-state index is -0.0395. The molecule has 1 fully saturated rings. The smallest absolute Gasteiger partial charge is 0.227 e. The van der Waals surface area contributed by atoms with Gasteiger partial charge in [0.2, 0.25) is 5.91 Å². The molecular weight excluding hydrogens is 336 g/mol. The van der Waals surface area contributed by atoms with Crippen molar-refractivity contribution in [2.45, 2.75) is 19.4 Å². The van der Waals surface area contributed by atoms with E-state index in [1.54, 1.807) is 7.11 Å². The Morgan fingerprint density at radius 3 is 2.88 bits per heavy atom. The molecule has 0 saturated carbocycles. The summed E-state index contributed by atoms with van der Waals surface area (Å²) >= 11 is 6.36. The zero-order valence-corrected chi connectivity index (χ0v) is 15.3. The van der Waals surface area contributed by atoms with Crippen LogP contribution in [0.3, 0.4) is 0 Å². The molecule has 2 aromatic carbocycles. The van der Waals surface area contributed by atoms with Crippen LogP contribution in [-0.2, 0) is 11.2 Å². The number of nitrogens with one attached hydrogen (secondary N) is 1. The van der Waals surface area contributed by atoms with Crippen LogP contribution >= 0.6 is 11.6 Å². The first-order valence-corrected chi connectivity index (χ1v) is 8.86. The normalized spacial score (nSPS) is 17.4. The van der Waals surface area contributed by atoms with Crippen molar-refractivity contribution in [1.29, 1.82) is 0 Å². The number of halogens is 1. The molecule has 2 aromatic rings. The first kappa shape index (κ1) is 17.8. The van der Waals surface area contributed by atoms with Gasteiger partial charge in [-0.3, -0.25) is 4.79 Å². The maximum Gasteiger partial charge on any atom is 0.227 e. The van der Waals surface area contributed by atoms with Gasteiger partial charge in [-0.2, -0.15) is 0 Å². The van der Waals surface area contributed by atoms with Gasteiger partial charge in [0.05, 0.1) is 19.6 Å². The fourth-order valence-electron chi connectivity index (χ4n) is 3.28. The highest BCUT2D eigenvalue weighted by Gasteiger charge is 2.29. The van der Waals surface area contributed by atoms with Gasteiger partial charge >= 0.3 is 0 Å². The maximum absolute atomic E-state index is 13.0. The summed E-state index contributed by atoms with van der Waals surface area (Å²) in [6.07, 6.45) is 0.359. The molecule has 0 bridgehead atoms. The molecule has 0 radical (unpaired) electrons. The molecule has 1 saturated heterocycles. The van der Waals surface area contributed by atoms with Gasteiger partial charge in [0.1, 0.15) is 5.75 Å². The molecule has 4 nitrogen and oxygen atoms in total. The number of benzene rings is 2. The Bertz CT molecular complexity index is 763. The second-order valence-corrected chi connectivity index (χ2v) is 6.72. The van der Waals surface area contributed by atoms with Gasteiger partial charge in [0.25, 0.3) is 0 Å². The van der Waals surface area contributed by atoms with Crippen molar-refractivity contribution in [1.82, 2.24) is 10.2 Å². The van der Waals surface area contributed by atoms with Crippen LogP contribution in [0.1, 0.15) is 22.7 Å². The van der Waals surface area contributed by atoms with E-state index in [1.165, 1.54) is 0 Å². The number of carbonyl (C=O) groups is 1. The van der Waals surface area contributed by atoms with Crippen molar-refractivity contribution in [2.75, 3.05) is 26.7 Å². The summed E-state index contributed by atoms with van der Waals surface area (Å²) in [5, 5.41) is 4.06. The third-order valence-corrected chi connectivity index (χ3v) is 5.00. The van der Waals surface area contributed by atoms with Gasteiger partial charge in [-0.15, -0.1) is 0 Å². The van der Waals surface area contributed by atoms with Gasteiger partial charge < -0.3 is 15.0 Å². The minimum Gasteiger partial charge on any atom is -0.496 e. The highest BCUT2D eigenvalue weighted by Crippen LogP contribution is 2.29. The molecule has 1 heterocycles. The standard InChI is InChI=1S/C20H23ClN2O2/c1-14-7-8-15(11-19(14)25-2)12-20(24)23-10-9-22-13-18(23)16-5-3-4-6-17(16)21/h3-8,11,18,22H,9-10,12-13H2,1-2H3. The van der Waals surface area contributed by atoms with Crippen LogP contribution in [0.25, 0.3) is 0 Å². The number of nitrogens with zero attached hydrogens (tertiary/aromatic N) is 1. The Kier molecular flexibility index (Phi) is 5.61. The van der Waals surface area contributed by atoms with E-state index in [0.717, 1.165) is 29.0 Å². The number of rotatable bonds is 4. The van der Waals surface area contributed by atoms with Crippen LogP contribution in [0, 0.1) is 6.92 Å². The van der Waals surface area contributed by atoms with Crippen LogP contribution < -0.4 is 10.1 Å². The van der Waals surface area contributed by atoms with E-state index in [4.69, 9.17) is 16.3 Å². The lowest BCUT2D eigenvalue weighted by atomic mass is 10.0. The Hall–Kier alpha value is -2.04. The largest absolute Gasteiger partial charge is 0.496 e. The van der Waals surface area contributed by atoms with E-state index in [2.05, 4.69) is 5.32 Å². The van der Waals surface area contributed by atoms with Crippen molar-refractivity contribution >= 4 is 17.5 Å². The highest BCUT2D eigenvalue weighted by atomic mass is 35.5. The first-order chi connectivity index (χ1) is 12.1. The predicted octanol–water partition coefficient (Wildman–Crippen LogP) is 3.37. The van der Waals surface area contributed by atoms with E-state index in [0.29, 0.717) is 24.5 Å². The average Bonchev–Trinajstić information content (AvgIpc) is 2.63. The lowest BCUT2D eigenvalue weighted by molar-refractivity contribution is -0.133. The molecule has 5 heteroatoms. The van der Waals surface area contributed by atoms with Crippen LogP contribution in [-0.4, -0.2) is 37.6 Å². The van der Waals surface area contributed by atoms with Crippen LogP contribution in [0.5, 0.6) is 5.75 Å². The number of amides is 1. The number of hydrogen-bond donors (Lipinski definition) is 1. The van der Waals surface area contributed by atoms with E-state index in [-0.39, 0.29) is 11.9 Å². The maximum atomic E-state index is 13.0. The summed E-state index contributed by atoms with van der Waals surface area (Å²) in [7, 11) is 1.65. The average molecular weight is 359 g/mol. The monoisotopic (exact) mass is 358 g/mol. The molecule has 25 heavy (non-hydrogen) atoms. The molecule has 1 amide bonds. The van der Waals surface area contributed by atoms with Gasteiger partial charge in [-0.25, -0.2) is 0 Å². The van der Waals surface area contributed by atoms with Crippen LogP contribution in [0.2, 0.25) is 5.02 Å². The fraction of sp³-hybridized carbons (Fsp3) is 0.350. The fourth-order valence-corrected chi connectivity index (χ4v) is 3.54. The molecule has 1 aliphatic rings. The van der Waals surface area contributed by atoms with Gasteiger partial charge in [0.15, 0.2) is 0 Å². The van der Waals surface area contributed by atoms with Gasteiger partial charge in [-0.1, -0.05) is 41.9 Å². The Labute approximate surface area is 153 Å². The number of methoxy groups -OCH3 is 1. The van der Waals surface area contributed by atoms with Gasteiger partial charge in [-0.05, 0) is 35.7 Å². The quantitative estimate of drug-likeness (QED) is 0.911. The van der Waals surface area contributed by atoms with E-state index in [9.17, 15) is 4.79 Å². The Morgan fingerprint density at radius 2 is 2.12 bits per heavy atom. The van der Waals surface area contributed by atoms with Crippen molar-refractivity contribution in [3.8, 4) is 5.75 Å². The Balaban J connectivity index is 1.81. The van der Waals surface area contributed by atoms with Crippen molar-refractivity contribution in [3.05, 3.63) is 64.2 Å². The van der Waals surface area contributed by atoms with Crippen LogP contribution in [0.15, 0.2) is 42.5 Å². The summed E-state index contributed by atoms with van der Waals surface area (Å²) in [6.45, 7) is 4.18. The molecule has 1 atom stereocenters. The zero-order chi connectivity index (χ0) is 17.8. The number of hydrogen-bond acceptors (Lipinski definition) is 3. The number of aryl methyl sites for hydroxylation is 1. The molecule has 0 spiro atoms. The van der Waals surface area contributed by atoms with Gasteiger partial charge in [0, 0.05) is 24.7 Å². The molecule has 132 valence electrons. The summed E-state index contributed by atoms with van der Waals surface area (Å²) < 4.78 is 5.37. The third-order valence-electron chi connectivity index (χ3n) is 4.66. The molecule has 1 aliphatic heterocycles. The number of ether oxygens (including phenoxy) is 1. The summed E-state index contributed by atoms with van der Waals surface area (Å²) in [5.41, 5.74) is 3.02. The molecular formula is C20H23ClN2O2. The highest BCUT2D eigenvalue weighted by molar-refractivity contribution is 6.31. The summed E-state index contributed by atoms with van der Waals surface area (Å²) in [4.78, 5) is 14.9. The molecule has 1 N–H and O–H groups in total. The topological polar surface area (TPSA) is 41.6 Å². The van der Waals surface area contributed by atoms with E-state index >= 15 is 0 Å². The SMILES string of the molecule is COc1cc(CC(=O)N2CCNCC2c2ccccc2Cl)ccc1C. The summed E-state index contributed by atoms with van der Waals surface area (Å²) in [5.74, 6) is 0.922. The second kappa shape index (κ2) is 7.89. The van der Waals surface area contributed by atoms with Crippen molar-refractivity contribution in [3.63, 3.8) is 0 Å². The predicted molar refractivity (Wildman–Crippen MR) is 100 cm³/mol. The lowest BCUT2D eigenvalue weighted by Crippen LogP contribution is -2.49. The minimum absolute atomic E-state index is 0.0395. The van der Waals surface area contributed by atoms with Crippen LogP contribution in [0.4, 0.5) is 0 Å². The molecule has 1 unspecified atom stereocenters. The van der Waals surface area contributed by atoms with E-state index < -0.39 is 0 Å². The third kappa shape index (κ3) is 3.97. The first-order valence-electron chi connectivity index (χ1n) is 8.48. The van der Waals surface area contributed by atoms with Crippen molar-refractivity contribution < 1.29 is 9.53 Å². The van der Waals surface area contributed by atoms with E-state index in [1.807, 2.05) is 54.3 Å². The zero-order valence-electron chi connectivity index (χ0n) is 14.6. The summed E-state index contributed by atoms with van der Waals surface area (Å²) in [6, 6.07) is 13.6. The Morgan fingerprint density at radius 1 is 1.32 bits per heavy atom. The molecule has 0 aliphatic carbocycles. The molecule has 3 rings (SSSR count). The molecule has 0 aromatic heterocycles. The number of piperazine rings is 1. The van der Waals surface area contributed by atoms with Crippen molar-refractivity contribution in [2.24, 2.45) is 0 Å². The lowest BCUT2D eigenvalue weighted by Gasteiger charge is -2.37. The number of carbonyl (C=O) groups excluding carboxylic acids is 1.